The number of benzene rings is 1. The minimum absolute atomic E-state index is 0.0352. The van der Waals surface area contributed by atoms with Crippen LogP contribution in [0.3, 0.4) is 0 Å². The molecule has 3 rings (SSSR count). The molecule has 1 aliphatic heterocycles. The van der Waals surface area contributed by atoms with Crippen molar-refractivity contribution < 1.29 is 9.59 Å². The molecule has 0 radical (unpaired) electrons. The molecule has 2 fully saturated rings. The van der Waals surface area contributed by atoms with Crippen LogP contribution < -0.4 is 5.32 Å². The Morgan fingerprint density at radius 1 is 1.12 bits per heavy atom. The zero-order valence-electron chi connectivity index (χ0n) is 13.6. The monoisotopic (exact) mass is 368 g/mol. The summed E-state index contributed by atoms with van der Waals surface area (Å²) in [6, 6.07) is 5.51. The van der Waals surface area contributed by atoms with Gasteiger partial charge in [0.1, 0.15) is 0 Å². The summed E-state index contributed by atoms with van der Waals surface area (Å²) in [4.78, 5) is 26.1. The highest BCUT2D eigenvalue weighted by Crippen LogP contribution is 2.31. The van der Waals surface area contributed by atoms with Crippen LogP contribution in [0.4, 0.5) is 0 Å². The molecule has 0 atom stereocenters. The molecule has 1 saturated carbocycles. The van der Waals surface area contributed by atoms with E-state index in [9.17, 15) is 9.59 Å². The Hall–Kier alpha value is -1.26. The summed E-state index contributed by atoms with van der Waals surface area (Å²) in [7, 11) is 0. The summed E-state index contributed by atoms with van der Waals surface area (Å²) < 4.78 is 0. The number of likely N-dealkylation sites (tertiary alicyclic amines) is 1. The van der Waals surface area contributed by atoms with Gasteiger partial charge in [0.2, 0.25) is 11.8 Å². The molecule has 2 amide bonds. The molecular formula is C18H22Cl2N2O2. The normalized spacial score (nSPS) is 18.5. The molecule has 0 aromatic heterocycles. The molecule has 0 bridgehead atoms. The second kappa shape index (κ2) is 7.75. The summed E-state index contributed by atoms with van der Waals surface area (Å²) in [6.45, 7) is 1.51. The maximum atomic E-state index is 12.1. The van der Waals surface area contributed by atoms with Crippen LogP contribution in [0.1, 0.15) is 37.7 Å². The number of hydrogen-bond acceptors (Lipinski definition) is 2. The largest absolute Gasteiger partial charge is 0.353 e. The molecule has 0 unspecified atom stereocenters. The predicted molar refractivity (Wildman–Crippen MR) is 95.3 cm³/mol. The van der Waals surface area contributed by atoms with Gasteiger partial charge < -0.3 is 10.2 Å². The quantitative estimate of drug-likeness (QED) is 0.865. The molecule has 130 valence electrons. The van der Waals surface area contributed by atoms with Crippen molar-refractivity contribution >= 4 is 35.0 Å². The molecule has 1 aliphatic carbocycles. The number of rotatable bonds is 5. The van der Waals surface area contributed by atoms with Gasteiger partial charge in [-0.25, -0.2) is 0 Å². The van der Waals surface area contributed by atoms with E-state index in [4.69, 9.17) is 23.2 Å². The van der Waals surface area contributed by atoms with Gasteiger partial charge in [0.25, 0.3) is 0 Å². The summed E-state index contributed by atoms with van der Waals surface area (Å²) in [5.74, 6) is 0.616. The van der Waals surface area contributed by atoms with Gasteiger partial charge in [0, 0.05) is 41.5 Å². The Kier molecular flexibility index (Phi) is 5.67. The van der Waals surface area contributed by atoms with Gasteiger partial charge >= 0.3 is 0 Å². The number of aryl methyl sites for hydroxylation is 1. The van der Waals surface area contributed by atoms with Gasteiger partial charge in [-0.15, -0.1) is 0 Å². The Bertz CT molecular complexity index is 623. The summed E-state index contributed by atoms with van der Waals surface area (Å²) in [6.07, 6.45) is 4.77. The van der Waals surface area contributed by atoms with Crippen molar-refractivity contribution in [2.24, 2.45) is 5.92 Å². The molecule has 1 aromatic carbocycles. The van der Waals surface area contributed by atoms with Crippen molar-refractivity contribution in [1.82, 2.24) is 10.2 Å². The van der Waals surface area contributed by atoms with Crippen molar-refractivity contribution in [3.63, 3.8) is 0 Å². The lowest BCUT2D eigenvalue weighted by Crippen LogP contribution is -2.47. The first-order valence-corrected chi connectivity index (χ1v) is 9.30. The number of nitrogens with one attached hydrogen (secondary N) is 1. The van der Waals surface area contributed by atoms with Gasteiger partial charge in [0.05, 0.1) is 0 Å². The van der Waals surface area contributed by atoms with Gasteiger partial charge in [-0.05, 0) is 49.8 Å². The molecule has 1 heterocycles. The zero-order chi connectivity index (χ0) is 17.1. The first kappa shape index (κ1) is 17.6. The molecule has 24 heavy (non-hydrogen) atoms. The maximum Gasteiger partial charge on any atom is 0.225 e. The van der Waals surface area contributed by atoms with E-state index in [0.29, 0.717) is 28.8 Å². The number of amides is 2. The standard InChI is InChI=1S/C18H22Cl2N2O2/c19-14-5-3-12(16(20)11-14)4-6-17(23)21-15-7-9-22(10-8-15)18(24)13-1-2-13/h3,5,11,13,15H,1-2,4,6-10H2,(H,21,23). The fourth-order valence-corrected chi connectivity index (χ4v) is 3.61. The van der Waals surface area contributed by atoms with E-state index in [1.165, 1.54) is 0 Å². The van der Waals surface area contributed by atoms with Crippen LogP contribution in [0.5, 0.6) is 0 Å². The zero-order valence-corrected chi connectivity index (χ0v) is 15.1. The Balaban J connectivity index is 1.40. The van der Waals surface area contributed by atoms with Crippen LogP contribution in [-0.2, 0) is 16.0 Å². The van der Waals surface area contributed by atoms with Gasteiger partial charge in [-0.1, -0.05) is 29.3 Å². The van der Waals surface area contributed by atoms with E-state index in [0.717, 1.165) is 44.3 Å². The van der Waals surface area contributed by atoms with Crippen molar-refractivity contribution in [3.05, 3.63) is 33.8 Å². The van der Waals surface area contributed by atoms with Gasteiger partial charge in [-0.3, -0.25) is 9.59 Å². The molecule has 6 heteroatoms. The highest BCUT2D eigenvalue weighted by atomic mass is 35.5. The average Bonchev–Trinajstić information content (AvgIpc) is 3.39. The van der Waals surface area contributed by atoms with Crippen molar-refractivity contribution in [3.8, 4) is 0 Å². The number of halogens is 2. The number of carbonyl (C=O) groups excluding carboxylic acids is 2. The number of nitrogens with zero attached hydrogens (tertiary/aromatic N) is 1. The molecule has 1 saturated heterocycles. The average molecular weight is 369 g/mol. The molecule has 1 N–H and O–H groups in total. The fourth-order valence-electron chi connectivity index (χ4n) is 3.11. The molecule has 1 aromatic rings. The van der Waals surface area contributed by atoms with E-state index in [-0.39, 0.29) is 17.9 Å². The van der Waals surface area contributed by atoms with Crippen LogP contribution in [0, 0.1) is 5.92 Å². The minimum atomic E-state index is 0.0352. The molecule has 2 aliphatic rings. The van der Waals surface area contributed by atoms with Gasteiger partial charge in [0.15, 0.2) is 0 Å². The summed E-state index contributed by atoms with van der Waals surface area (Å²) >= 11 is 12.0. The van der Waals surface area contributed by atoms with Crippen LogP contribution in [0.2, 0.25) is 10.0 Å². The van der Waals surface area contributed by atoms with Crippen LogP contribution in [-0.4, -0.2) is 35.8 Å². The molecule has 0 spiro atoms. The molecule has 4 nitrogen and oxygen atoms in total. The third-order valence-corrected chi connectivity index (χ3v) is 5.32. The smallest absolute Gasteiger partial charge is 0.225 e. The highest BCUT2D eigenvalue weighted by molar-refractivity contribution is 6.35. The topological polar surface area (TPSA) is 49.4 Å². The van der Waals surface area contributed by atoms with E-state index in [1.807, 2.05) is 11.0 Å². The number of hydrogen-bond donors (Lipinski definition) is 1. The fraction of sp³-hybridized carbons (Fsp3) is 0.556. The SMILES string of the molecule is O=C(CCc1ccc(Cl)cc1Cl)NC1CCN(C(=O)C2CC2)CC1. The van der Waals surface area contributed by atoms with Crippen LogP contribution >= 0.6 is 23.2 Å². The Labute approximate surface area is 152 Å². The number of piperidine rings is 1. The predicted octanol–water partition coefficient (Wildman–Crippen LogP) is 3.44. The Morgan fingerprint density at radius 3 is 2.46 bits per heavy atom. The maximum absolute atomic E-state index is 12.1. The lowest BCUT2D eigenvalue weighted by Gasteiger charge is -2.32. The van der Waals surface area contributed by atoms with E-state index in [1.54, 1.807) is 12.1 Å². The van der Waals surface area contributed by atoms with Crippen molar-refractivity contribution in [2.75, 3.05) is 13.1 Å². The second-order valence-corrected chi connectivity index (χ2v) is 7.52. The lowest BCUT2D eigenvalue weighted by atomic mass is 10.0. The Morgan fingerprint density at radius 2 is 1.83 bits per heavy atom. The third-order valence-electron chi connectivity index (χ3n) is 4.73. The summed E-state index contributed by atoms with van der Waals surface area (Å²) in [5.41, 5.74) is 0.932. The van der Waals surface area contributed by atoms with E-state index >= 15 is 0 Å². The minimum Gasteiger partial charge on any atom is -0.353 e. The molecular weight excluding hydrogens is 347 g/mol. The second-order valence-electron chi connectivity index (χ2n) is 6.68. The first-order valence-electron chi connectivity index (χ1n) is 8.55. The first-order chi connectivity index (χ1) is 11.5. The number of carbonyl (C=O) groups is 2. The highest BCUT2D eigenvalue weighted by Gasteiger charge is 2.35. The van der Waals surface area contributed by atoms with Crippen LogP contribution in [0.15, 0.2) is 18.2 Å². The van der Waals surface area contributed by atoms with Crippen LogP contribution in [0.25, 0.3) is 0 Å². The lowest BCUT2D eigenvalue weighted by molar-refractivity contribution is -0.133. The van der Waals surface area contributed by atoms with Crippen molar-refractivity contribution in [1.29, 1.82) is 0 Å². The summed E-state index contributed by atoms with van der Waals surface area (Å²) in [5, 5.41) is 4.28. The van der Waals surface area contributed by atoms with E-state index < -0.39 is 0 Å². The van der Waals surface area contributed by atoms with E-state index in [2.05, 4.69) is 5.32 Å². The van der Waals surface area contributed by atoms with Gasteiger partial charge in [-0.2, -0.15) is 0 Å². The van der Waals surface area contributed by atoms with Crippen molar-refractivity contribution in [2.45, 2.75) is 44.6 Å². The third kappa shape index (κ3) is 4.64.